The highest BCUT2D eigenvalue weighted by atomic mass is 32.2. The Morgan fingerprint density at radius 2 is 1.93 bits per heavy atom. The van der Waals surface area contributed by atoms with E-state index in [2.05, 4.69) is 33.6 Å². The molecule has 2 atom stereocenters. The topological polar surface area (TPSA) is 120 Å². The fraction of sp³-hybridized carbons (Fsp3) is 0.474. The largest absolute Gasteiger partial charge is 0.480 e. The van der Waals surface area contributed by atoms with Crippen LogP contribution in [0.1, 0.15) is 43.9 Å². The van der Waals surface area contributed by atoms with E-state index in [0.29, 0.717) is 12.2 Å². The highest BCUT2D eigenvalue weighted by molar-refractivity contribution is 7.98. The maximum Gasteiger partial charge on any atom is 0.326 e. The van der Waals surface area contributed by atoms with E-state index in [0.717, 1.165) is 4.90 Å². The number of carbonyl (C=O) groups is 3. The molecule has 0 saturated heterocycles. The molecule has 0 spiro atoms. The lowest BCUT2D eigenvalue weighted by molar-refractivity contribution is -0.142. The molecule has 0 aliphatic rings. The average Bonchev–Trinajstić information content (AvgIpc) is 2.67. The van der Waals surface area contributed by atoms with Crippen LogP contribution in [-0.4, -0.2) is 45.5 Å². The minimum atomic E-state index is -1.14. The van der Waals surface area contributed by atoms with Crippen LogP contribution in [0.15, 0.2) is 28.8 Å². The third-order valence-corrected chi connectivity index (χ3v) is 4.79. The third kappa shape index (κ3) is 8.08. The van der Waals surface area contributed by atoms with Crippen molar-refractivity contribution in [2.75, 3.05) is 6.26 Å². The Labute approximate surface area is 180 Å². The standard InChI is InChI=1S/C19H28N4O4S2/c1-6-14(17(24)23-16(10(2)3)19(26)27)22-18(25)15-8-13(29-5)7-12(21-15)9-20-11(4)28/h6-8,10-11,16,20,28H,9H2,1-5H3,(H,22,25)(H,23,24)(H,26,27)/b14-6-/t11?,16-/m0/s1. The SMILES string of the molecule is C/C=C(\NC(=O)c1cc(SC)cc(CNC(C)S)n1)C(=O)N[C@H](C(=O)O)C(C)C. The predicted octanol–water partition coefficient (Wildman–Crippen LogP) is 2.03. The second-order valence-corrected chi connectivity index (χ2v) is 8.28. The monoisotopic (exact) mass is 440 g/mol. The van der Waals surface area contributed by atoms with Gasteiger partial charge in [-0.25, -0.2) is 9.78 Å². The number of thiol groups is 1. The fourth-order valence-electron chi connectivity index (χ4n) is 2.32. The lowest BCUT2D eigenvalue weighted by Gasteiger charge is -2.19. The summed E-state index contributed by atoms with van der Waals surface area (Å²) in [6, 6.07) is 2.44. The minimum Gasteiger partial charge on any atom is -0.480 e. The van der Waals surface area contributed by atoms with Crippen LogP contribution in [0, 0.1) is 5.92 Å². The maximum atomic E-state index is 12.7. The van der Waals surface area contributed by atoms with Crippen LogP contribution in [0.5, 0.6) is 0 Å². The van der Waals surface area contributed by atoms with Gasteiger partial charge in [0.2, 0.25) is 0 Å². The summed E-state index contributed by atoms with van der Waals surface area (Å²) in [6.45, 7) is 7.27. The van der Waals surface area contributed by atoms with Crippen molar-refractivity contribution < 1.29 is 19.5 Å². The van der Waals surface area contributed by atoms with E-state index in [4.69, 9.17) is 0 Å². The number of nitrogens with zero attached hydrogens (tertiary/aromatic N) is 1. The van der Waals surface area contributed by atoms with Gasteiger partial charge < -0.3 is 21.1 Å². The molecule has 29 heavy (non-hydrogen) atoms. The van der Waals surface area contributed by atoms with Crippen molar-refractivity contribution in [3.05, 3.63) is 35.3 Å². The number of pyridine rings is 1. The molecule has 2 amide bonds. The van der Waals surface area contributed by atoms with Crippen molar-refractivity contribution in [2.24, 2.45) is 5.92 Å². The molecule has 1 unspecified atom stereocenters. The molecule has 0 saturated carbocycles. The molecule has 8 nitrogen and oxygen atoms in total. The van der Waals surface area contributed by atoms with E-state index in [1.165, 1.54) is 17.8 Å². The molecule has 0 aliphatic carbocycles. The van der Waals surface area contributed by atoms with Crippen LogP contribution in [0.4, 0.5) is 0 Å². The van der Waals surface area contributed by atoms with Crippen LogP contribution in [0.2, 0.25) is 0 Å². The number of nitrogens with one attached hydrogen (secondary N) is 3. The number of hydrogen-bond acceptors (Lipinski definition) is 7. The van der Waals surface area contributed by atoms with Crippen LogP contribution in [0.3, 0.4) is 0 Å². The minimum absolute atomic E-state index is 0.0338. The van der Waals surface area contributed by atoms with Crippen molar-refractivity contribution in [3.8, 4) is 0 Å². The molecular weight excluding hydrogens is 412 g/mol. The number of carbonyl (C=O) groups excluding carboxylic acids is 2. The molecular formula is C19H28N4O4S2. The number of carboxylic acid groups (broad SMARTS) is 1. The summed E-state index contributed by atoms with van der Waals surface area (Å²) >= 11 is 5.73. The molecule has 0 radical (unpaired) electrons. The van der Waals surface area contributed by atoms with Gasteiger partial charge in [-0.3, -0.25) is 9.59 Å². The summed E-state index contributed by atoms with van der Waals surface area (Å²) in [5.74, 6) is -2.68. The molecule has 1 aromatic rings. The molecule has 160 valence electrons. The summed E-state index contributed by atoms with van der Waals surface area (Å²) in [5, 5.41) is 17.3. The van der Waals surface area contributed by atoms with Crippen molar-refractivity contribution in [2.45, 2.75) is 50.6 Å². The quantitative estimate of drug-likeness (QED) is 0.163. The summed E-state index contributed by atoms with van der Waals surface area (Å²) in [7, 11) is 0. The Balaban J connectivity index is 2.98. The first kappa shape index (κ1) is 25.0. The van der Waals surface area contributed by atoms with E-state index in [-0.39, 0.29) is 22.7 Å². The second kappa shape index (κ2) is 11.8. The number of aromatic nitrogens is 1. The number of aliphatic carboxylic acids is 1. The van der Waals surface area contributed by atoms with Gasteiger partial charge in [-0.1, -0.05) is 19.9 Å². The first-order valence-corrected chi connectivity index (χ1v) is 10.8. The number of thioether (sulfide) groups is 1. The average molecular weight is 441 g/mol. The van der Waals surface area contributed by atoms with Crippen LogP contribution >= 0.6 is 24.4 Å². The summed E-state index contributed by atoms with van der Waals surface area (Å²) in [5.41, 5.74) is 0.785. The van der Waals surface area contributed by atoms with Crippen molar-refractivity contribution in [1.82, 2.24) is 20.9 Å². The number of amides is 2. The van der Waals surface area contributed by atoms with E-state index < -0.39 is 23.8 Å². The highest BCUT2D eigenvalue weighted by Gasteiger charge is 2.25. The van der Waals surface area contributed by atoms with Crippen molar-refractivity contribution in [1.29, 1.82) is 0 Å². The van der Waals surface area contributed by atoms with Gasteiger partial charge in [-0.15, -0.1) is 11.8 Å². The number of rotatable bonds is 10. The van der Waals surface area contributed by atoms with E-state index in [9.17, 15) is 19.5 Å². The molecule has 10 heteroatoms. The molecule has 4 N–H and O–H groups in total. The first-order chi connectivity index (χ1) is 13.6. The molecule has 1 aromatic heterocycles. The van der Waals surface area contributed by atoms with E-state index in [1.807, 2.05) is 19.2 Å². The zero-order valence-electron chi connectivity index (χ0n) is 17.1. The van der Waals surface area contributed by atoms with Gasteiger partial charge >= 0.3 is 5.97 Å². The molecule has 0 aliphatic heterocycles. The van der Waals surface area contributed by atoms with Gasteiger partial charge in [0.15, 0.2) is 0 Å². The number of carboxylic acids is 1. The molecule has 0 bridgehead atoms. The van der Waals surface area contributed by atoms with Gasteiger partial charge in [0.1, 0.15) is 17.4 Å². The number of hydrogen-bond donors (Lipinski definition) is 5. The molecule has 1 rings (SSSR count). The van der Waals surface area contributed by atoms with Gasteiger partial charge in [-0.05, 0) is 38.2 Å². The van der Waals surface area contributed by atoms with E-state index in [1.54, 1.807) is 26.8 Å². The Morgan fingerprint density at radius 1 is 1.28 bits per heavy atom. The third-order valence-electron chi connectivity index (χ3n) is 3.90. The molecule has 1 heterocycles. The Morgan fingerprint density at radius 3 is 2.41 bits per heavy atom. The van der Waals surface area contributed by atoms with Crippen molar-refractivity contribution in [3.63, 3.8) is 0 Å². The lowest BCUT2D eigenvalue weighted by Crippen LogP contribution is -2.47. The van der Waals surface area contributed by atoms with Crippen LogP contribution < -0.4 is 16.0 Å². The summed E-state index contributed by atoms with van der Waals surface area (Å²) in [4.78, 5) is 41.6. The van der Waals surface area contributed by atoms with Gasteiger partial charge in [-0.2, -0.15) is 12.6 Å². The van der Waals surface area contributed by atoms with Crippen LogP contribution in [-0.2, 0) is 16.1 Å². The summed E-state index contributed by atoms with van der Waals surface area (Å²) < 4.78 is 0. The van der Waals surface area contributed by atoms with Gasteiger partial charge in [0.25, 0.3) is 11.8 Å². The van der Waals surface area contributed by atoms with Gasteiger partial charge in [0.05, 0.1) is 5.69 Å². The normalized spacial score (nSPS) is 13.7. The first-order valence-electron chi connectivity index (χ1n) is 9.06. The smallest absolute Gasteiger partial charge is 0.326 e. The Bertz CT molecular complexity index is 781. The van der Waals surface area contributed by atoms with Gasteiger partial charge in [0, 0.05) is 16.8 Å². The fourth-order valence-corrected chi connectivity index (χ4v) is 2.89. The lowest BCUT2D eigenvalue weighted by atomic mass is 10.0. The van der Waals surface area contributed by atoms with Crippen LogP contribution in [0.25, 0.3) is 0 Å². The highest BCUT2D eigenvalue weighted by Crippen LogP contribution is 2.17. The Kier molecular flexibility index (Phi) is 10.2. The maximum absolute atomic E-state index is 12.7. The zero-order chi connectivity index (χ0) is 22.1. The van der Waals surface area contributed by atoms with Crippen molar-refractivity contribution >= 4 is 42.2 Å². The molecule has 0 fully saturated rings. The predicted molar refractivity (Wildman–Crippen MR) is 117 cm³/mol. The zero-order valence-corrected chi connectivity index (χ0v) is 18.9. The summed E-state index contributed by atoms with van der Waals surface area (Å²) in [6.07, 6.45) is 3.30. The Hall–Kier alpha value is -2.04. The molecule has 0 aromatic carbocycles. The van der Waals surface area contributed by atoms with E-state index >= 15 is 0 Å². The number of allylic oxidation sites excluding steroid dienone is 1. The second-order valence-electron chi connectivity index (χ2n) is 6.63.